The first-order valence-corrected chi connectivity index (χ1v) is 3.87. The zero-order chi connectivity index (χ0) is 7.49. The Labute approximate surface area is 59.7 Å². The molecule has 0 radical (unpaired) electrons. The molecule has 0 heterocycles. The molecule has 0 aliphatic rings. The molecule has 0 nitrogen and oxygen atoms in total. The van der Waals surface area contributed by atoms with Gasteiger partial charge in [-0.3, -0.25) is 0 Å². The molecule has 0 saturated carbocycles. The van der Waals surface area contributed by atoms with Gasteiger partial charge in [0.1, 0.15) is 5.41 Å². The largest absolute Gasteiger partial charge is 0.102 e. The van der Waals surface area contributed by atoms with Crippen LogP contribution in [0.4, 0.5) is 0 Å². The molecule has 0 N–H and O–H groups in total. The van der Waals surface area contributed by atoms with Gasteiger partial charge in [0.2, 0.25) is 0 Å². The second-order valence-electron chi connectivity index (χ2n) is 3.56. The molecule has 0 aromatic carbocycles. The van der Waals surface area contributed by atoms with E-state index in [9.17, 15) is 0 Å². The van der Waals surface area contributed by atoms with Gasteiger partial charge < -0.3 is 0 Å². The van der Waals surface area contributed by atoms with E-state index in [1.54, 1.807) is 5.92 Å². The van der Waals surface area contributed by atoms with Crippen molar-refractivity contribution < 1.29 is 0 Å². The standard InChI is InChI=1S/C9H19/c1-6-8(7-2)9(3,4)5/h6-7H2,1-5H3/q+1. The van der Waals surface area contributed by atoms with E-state index in [4.69, 9.17) is 0 Å². The monoisotopic (exact) mass is 127 g/mol. The fourth-order valence-electron chi connectivity index (χ4n) is 1.31. The Morgan fingerprint density at radius 2 is 1.33 bits per heavy atom. The highest BCUT2D eigenvalue weighted by Crippen LogP contribution is 2.32. The molecule has 0 heteroatoms. The molecule has 0 aliphatic heterocycles. The highest BCUT2D eigenvalue weighted by atomic mass is 14.3. The maximum Gasteiger partial charge on any atom is 0.102 e. The molecule has 0 spiro atoms. The van der Waals surface area contributed by atoms with Crippen LogP contribution in [-0.2, 0) is 0 Å². The van der Waals surface area contributed by atoms with Gasteiger partial charge in [-0.25, -0.2) is 0 Å². The molecule has 0 rings (SSSR count). The molecule has 0 bridgehead atoms. The van der Waals surface area contributed by atoms with Crippen molar-refractivity contribution >= 4 is 0 Å². The van der Waals surface area contributed by atoms with Gasteiger partial charge in [0, 0.05) is 0 Å². The number of hydrogen-bond acceptors (Lipinski definition) is 0. The van der Waals surface area contributed by atoms with Gasteiger partial charge in [0.15, 0.2) is 0 Å². The molecule has 0 unspecified atom stereocenters. The van der Waals surface area contributed by atoms with Crippen LogP contribution in [0.5, 0.6) is 0 Å². The third-order valence-electron chi connectivity index (χ3n) is 1.91. The highest BCUT2D eigenvalue weighted by Gasteiger charge is 2.31. The van der Waals surface area contributed by atoms with Crippen LogP contribution < -0.4 is 0 Å². The summed E-state index contributed by atoms with van der Waals surface area (Å²) in [5, 5.41) is 0. The van der Waals surface area contributed by atoms with Crippen LogP contribution >= 0.6 is 0 Å². The fourth-order valence-corrected chi connectivity index (χ4v) is 1.31. The predicted molar refractivity (Wildman–Crippen MR) is 43.3 cm³/mol. The van der Waals surface area contributed by atoms with Crippen molar-refractivity contribution in [3.05, 3.63) is 5.92 Å². The lowest BCUT2D eigenvalue weighted by Gasteiger charge is -2.17. The van der Waals surface area contributed by atoms with E-state index < -0.39 is 0 Å². The summed E-state index contributed by atoms with van der Waals surface area (Å²) in [6, 6.07) is 0. The van der Waals surface area contributed by atoms with Crippen molar-refractivity contribution in [1.29, 1.82) is 0 Å². The molecule has 0 fully saturated rings. The van der Waals surface area contributed by atoms with E-state index in [1.165, 1.54) is 12.8 Å². The molecule has 9 heavy (non-hydrogen) atoms. The molecule has 0 atom stereocenters. The van der Waals surface area contributed by atoms with Crippen LogP contribution in [0.15, 0.2) is 0 Å². The minimum atomic E-state index is 0.434. The second-order valence-corrected chi connectivity index (χ2v) is 3.56. The quantitative estimate of drug-likeness (QED) is 0.498. The smallest absolute Gasteiger partial charge is 0.0242 e. The molecule has 0 aliphatic carbocycles. The number of hydrogen-bond donors (Lipinski definition) is 0. The maximum atomic E-state index is 2.29. The van der Waals surface area contributed by atoms with Crippen LogP contribution in [0.2, 0.25) is 0 Å². The van der Waals surface area contributed by atoms with Crippen molar-refractivity contribution in [3.63, 3.8) is 0 Å². The Kier molecular flexibility index (Phi) is 3.10. The summed E-state index contributed by atoms with van der Waals surface area (Å²) >= 11 is 0. The van der Waals surface area contributed by atoms with Gasteiger partial charge in [0.05, 0.1) is 18.8 Å². The summed E-state index contributed by atoms with van der Waals surface area (Å²) in [4.78, 5) is 0. The minimum absolute atomic E-state index is 0.434. The summed E-state index contributed by atoms with van der Waals surface area (Å²) in [5.74, 6) is 1.67. The number of rotatable bonds is 2. The summed E-state index contributed by atoms with van der Waals surface area (Å²) in [5.41, 5.74) is 0.434. The van der Waals surface area contributed by atoms with Gasteiger partial charge in [-0.2, -0.15) is 0 Å². The summed E-state index contributed by atoms with van der Waals surface area (Å²) in [6.45, 7) is 11.3. The minimum Gasteiger partial charge on any atom is -0.0242 e. The van der Waals surface area contributed by atoms with E-state index in [1.807, 2.05) is 0 Å². The first-order valence-electron chi connectivity index (χ1n) is 3.87. The molecular formula is C9H19+. The third-order valence-corrected chi connectivity index (χ3v) is 1.91. The normalized spacial score (nSPS) is 11.7. The lowest BCUT2D eigenvalue weighted by Crippen LogP contribution is -2.16. The zero-order valence-electron chi connectivity index (χ0n) is 7.41. The van der Waals surface area contributed by atoms with E-state index in [-0.39, 0.29) is 0 Å². The zero-order valence-corrected chi connectivity index (χ0v) is 7.41. The molecule has 54 valence electrons. The average molecular weight is 127 g/mol. The van der Waals surface area contributed by atoms with Crippen LogP contribution in [0.1, 0.15) is 47.5 Å². The van der Waals surface area contributed by atoms with E-state index in [2.05, 4.69) is 34.6 Å². The molecule has 0 aromatic heterocycles. The summed E-state index contributed by atoms with van der Waals surface area (Å²) < 4.78 is 0. The predicted octanol–water partition coefficient (Wildman–Crippen LogP) is 3.43. The Bertz CT molecular complexity index is 62.6. The van der Waals surface area contributed by atoms with Crippen LogP contribution in [-0.4, -0.2) is 0 Å². The Morgan fingerprint density at radius 1 is 1.00 bits per heavy atom. The topological polar surface area (TPSA) is 0 Å². The third kappa shape index (κ3) is 2.78. The Hall–Kier alpha value is -0.130. The van der Waals surface area contributed by atoms with Crippen LogP contribution in [0, 0.1) is 11.3 Å². The van der Waals surface area contributed by atoms with Gasteiger partial charge in [-0.05, 0) is 34.6 Å². The van der Waals surface area contributed by atoms with Crippen molar-refractivity contribution in [2.75, 3.05) is 0 Å². The lowest BCUT2D eigenvalue weighted by atomic mass is 9.78. The van der Waals surface area contributed by atoms with Crippen molar-refractivity contribution in [2.24, 2.45) is 5.41 Å². The van der Waals surface area contributed by atoms with E-state index >= 15 is 0 Å². The first-order chi connectivity index (χ1) is 4.02. The Morgan fingerprint density at radius 3 is 1.33 bits per heavy atom. The summed E-state index contributed by atoms with van der Waals surface area (Å²) in [6.07, 6.45) is 2.47. The Balaban J connectivity index is 3.79. The SMILES string of the molecule is CC[C+](CC)C(C)(C)C. The molecule has 0 saturated heterocycles. The van der Waals surface area contributed by atoms with Gasteiger partial charge in [-0.15, -0.1) is 0 Å². The second kappa shape index (κ2) is 3.14. The van der Waals surface area contributed by atoms with Crippen molar-refractivity contribution in [2.45, 2.75) is 47.5 Å². The molecular weight excluding hydrogens is 108 g/mol. The van der Waals surface area contributed by atoms with E-state index in [0.29, 0.717) is 5.41 Å². The highest BCUT2D eigenvalue weighted by molar-refractivity contribution is 4.97. The molecule has 0 amide bonds. The average Bonchev–Trinajstić information content (AvgIpc) is 1.65. The lowest BCUT2D eigenvalue weighted by molar-refractivity contribution is 0.396. The summed E-state index contributed by atoms with van der Waals surface area (Å²) in [7, 11) is 0. The van der Waals surface area contributed by atoms with E-state index in [0.717, 1.165) is 0 Å². The van der Waals surface area contributed by atoms with Crippen LogP contribution in [0.25, 0.3) is 0 Å². The first kappa shape index (κ1) is 8.87. The fraction of sp³-hybridized carbons (Fsp3) is 0.889. The van der Waals surface area contributed by atoms with Crippen molar-refractivity contribution in [3.8, 4) is 0 Å². The van der Waals surface area contributed by atoms with Gasteiger partial charge in [0.25, 0.3) is 0 Å². The molecule has 0 aromatic rings. The van der Waals surface area contributed by atoms with Gasteiger partial charge in [-0.1, -0.05) is 0 Å². The van der Waals surface area contributed by atoms with Gasteiger partial charge >= 0.3 is 0 Å². The maximum absolute atomic E-state index is 2.29. The van der Waals surface area contributed by atoms with Crippen LogP contribution in [0.3, 0.4) is 0 Å². The van der Waals surface area contributed by atoms with Crippen molar-refractivity contribution in [1.82, 2.24) is 0 Å².